The molecule has 1 aromatic rings. The SMILES string of the molecule is CC.CCCC(CC)Cc1sccc1OC. The van der Waals surface area contributed by atoms with Crippen LogP contribution in [-0.4, -0.2) is 7.11 Å². The van der Waals surface area contributed by atoms with Gasteiger partial charge in [-0.1, -0.05) is 47.0 Å². The van der Waals surface area contributed by atoms with Crippen LogP contribution in [0.2, 0.25) is 0 Å². The molecule has 0 aliphatic carbocycles. The van der Waals surface area contributed by atoms with Gasteiger partial charge >= 0.3 is 0 Å². The van der Waals surface area contributed by atoms with E-state index in [1.807, 2.05) is 25.2 Å². The first-order chi connectivity index (χ1) is 7.81. The Kier molecular flexibility index (Phi) is 9.40. The smallest absolute Gasteiger partial charge is 0.132 e. The van der Waals surface area contributed by atoms with Crippen molar-refractivity contribution >= 4 is 11.3 Å². The molecular weight excluding hydrogens is 216 g/mol. The Labute approximate surface area is 105 Å². The van der Waals surface area contributed by atoms with E-state index in [0.29, 0.717) is 0 Å². The minimum Gasteiger partial charge on any atom is -0.496 e. The highest BCUT2D eigenvalue weighted by Gasteiger charge is 2.11. The summed E-state index contributed by atoms with van der Waals surface area (Å²) in [4.78, 5) is 1.41. The highest BCUT2D eigenvalue weighted by atomic mass is 32.1. The monoisotopic (exact) mass is 242 g/mol. The largest absolute Gasteiger partial charge is 0.496 e. The van der Waals surface area contributed by atoms with E-state index in [-0.39, 0.29) is 0 Å². The Balaban J connectivity index is 0.00000106. The van der Waals surface area contributed by atoms with Gasteiger partial charge in [0.2, 0.25) is 0 Å². The Hall–Kier alpha value is -0.500. The number of ether oxygens (including phenoxy) is 1. The van der Waals surface area contributed by atoms with Crippen molar-refractivity contribution in [2.75, 3.05) is 7.11 Å². The minimum absolute atomic E-state index is 0.826. The summed E-state index contributed by atoms with van der Waals surface area (Å²) in [6.07, 6.45) is 5.07. The van der Waals surface area contributed by atoms with Crippen LogP contribution in [0.5, 0.6) is 5.75 Å². The Bertz CT molecular complexity index is 255. The van der Waals surface area contributed by atoms with Crippen molar-refractivity contribution in [1.29, 1.82) is 0 Å². The topological polar surface area (TPSA) is 9.23 Å². The van der Waals surface area contributed by atoms with Gasteiger partial charge < -0.3 is 4.74 Å². The maximum atomic E-state index is 5.32. The number of hydrogen-bond donors (Lipinski definition) is 0. The number of thiophene rings is 1. The van der Waals surface area contributed by atoms with E-state index in [4.69, 9.17) is 4.74 Å². The summed E-state index contributed by atoms with van der Waals surface area (Å²) in [7, 11) is 1.76. The summed E-state index contributed by atoms with van der Waals surface area (Å²) < 4.78 is 5.32. The molecule has 1 heterocycles. The molecule has 94 valence electrons. The lowest BCUT2D eigenvalue weighted by atomic mass is 9.96. The van der Waals surface area contributed by atoms with Crippen LogP contribution in [0.25, 0.3) is 0 Å². The summed E-state index contributed by atoms with van der Waals surface area (Å²) in [6.45, 7) is 8.54. The lowest BCUT2D eigenvalue weighted by Gasteiger charge is -2.13. The van der Waals surface area contributed by atoms with E-state index in [2.05, 4.69) is 25.3 Å². The fourth-order valence-corrected chi connectivity index (χ4v) is 2.74. The van der Waals surface area contributed by atoms with Gasteiger partial charge in [-0.15, -0.1) is 11.3 Å². The molecule has 2 heteroatoms. The van der Waals surface area contributed by atoms with Gasteiger partial charge in [0, 0.05) is 4.88 Å². The number of hydrogen-bond acceptors (Lipinski definition) is 2. The summed E-state index contributed by atoms with van der Waals surface area (Å²) in [5.74, 6) is 1.90. The zero-order chi connectivity index (χ0) is 12.4. The summed E-state index contributed by atoms with van der Waals surface area (Å²) in [5.41, 5.74) is 0. The zero-order valence-corrected chi connectivity index (χ0v) is 12.2. The summed E-state index contributed by atoms with van der Waals surface area (Å²) >= 11 is 1.82. The van der Waals surface area contributed by atoms with Gasteiger partial charge in [0.05, 0.1) is 7.11 Å². The molecule has 1 nitrogen and oxygen atoms in total. The number of rotatable bonds is 6. The van der Waals surface area contributed by atoms with Crippen molar-refractivity contribution in [1.82, 2.24) is 0 Å². The van der Waals surface area contributed by atoms with Gasteiger partial charge in [0.1, 0.15) is 5.75 Å². The highest BCUT2D eigenvalue weighted by Crippen LogP contribution is 2.29. The molecule has 1 aromatic heterocycles. The Morgan fingerprint density at radius 1 is 1.31 bits per heavy atom. The average Bonchev–Trinajstić information content (AvgIpc) is 2.78. The second-order valence-electron chi connectivity index (χ2n) is 3.68. The molecule has 0 saturated carbocycles. The fourth-order valence-electron chi connectivity index (χ4n) is 1.78. The lowest BCUT2D eigenvalue weighted by molar-refractivity contribution is 0.402. The maximum absolute atomic E-state index is 5.32. The summed E-state index contributed by atoms with van der Waals surface area (Å²) in [6, 6.07) is 2.07. The van der Waals surface area contributed by atoms with Crippen LogP contribution in [0, 0.1) is 5.92 Å². The van der Waals surface area contributed by atoms with Gasteiger partial charge in [0.15, 0.2) is 0 Å². The van der Waals surface area contributed by atoms with Crippen molar-refractivity contribution in [3.63, 3.8) is 0 Å². The van der Waals surface area contributed by atoms with E-state index in [1.54, 1.807) is 7.11 Å². The molecule has 0 spiro atoms. The van der Waals surface area contributed by atoms with Crippen LogP contribution in [0.1, 0.15) is 51.8 Å². The van der Waals surface area contributed by atoms with E-state index < -0.39 is 0 Å². The van der Waals surface area contributed by atoms with E-state index >= 15 is 0 Å². The highest BCUT2D eigenvalue weighted by molar-refractivity contribution is 7.10. The van der Waals surface area contributed by atoms with Crippen molar-refractivity contribution < 1.29 is 4.74 Å². The van der Waals surface area contributed by atoms with Crippen molar-refractivity contribution in [3.8, 4) is 5.75 Å². The first-order valence-corrected chi connectivity index (χ1v) is 7.30. The molecule has 1 unspecified atom stereocenters. The predicted octanol–water partition coefficient (Wildman–Crippen LogP) is 5.15. The van der Waals surface area contributed by atoms with E-state index in [9.17, 15) is 0 Å². The molecule has 0 N–H and O–H groups in total. The van der Waals surface area contributed by atoms with Crippen LogP contribution in [0.4, 0.5) is 0 Å². The van der Waals surface area contributed by atoms with Crippen LogP contribution >= 0.6 is 11.3 Å². The first-order valence-electron chi connectivity index (χ1n) is 6.42. The third-order valence-corrected chi connectivity index (χ3v) is 3.60. The molecule has 0 fully saturated rings. The van der Waals surface area contributed by atoms with Crippen LogP contribution in [-0.2, 0) is 6.42 Å². The quantitative estimate of drug-likeness (QED) is 0.670. The minimum atomic E-state index is 0.826. The Morgan fingerprint density at radius 2 is 2.00 bits per heavy atom. The first kappa shape index (κ1) is 15.5. The molecule has 0 amide bonds. The average molecular weight is 242 g/mol. The zero-order valence-electron chi connectivity index (χ0n) is 11.4. The fraction of sp³-hybridized carbons (Fsp3) is 0.714. The molecule has 0 aromatic carbocycles. The van der Waals surface area contributed by atoms with Crippen LogP contribution in [0.3, 0.4) is 0 Å². The second kappa shape index (κ2) is 9.71. The molecular formula is C14H26OS. The molecule has 16 heavy (non-hydrogen) atoms. The number of methoxy groups -OCH3 is 1. The molecule has 0 aliphatic heterocycles. The van der Waals surface area contributed by atoms with E-state index in [1.165, 1.54) is 30.6 Å². The van der Waals surface area contributed by atoms with Crippen molar-refractivity contribution in [2.45, 2.75) is 53.4 Å². The van der Waals surface area contributed by atoms with Gasteiger partial charge in [-0.2, -0.15) is 0 Å². The standard InChI is InChI=1S/C12H20OS.C2H6/c1-4-6-10(5-2)9-12-11(13-3)7-8-14-12;1-2/h7-8,10H,4-6,9H2,1-3H3;1-2H3. The molecule has 0 aliphatic rings. The molecule has 1 atom stereocenters. The van der Waals surface area contributed by atoms with Gasteiger partial charge in [-0.05, 0) is 23.8 Å². The van der Waals surface area contributed by atoms with Gasteiger partial charge in [-0.25, -0.2) is 0 Å². The Morgan fingerprint density at radius 3 is 2.50 bits per heavy atom. The molecule has 0 bridgehead atoms. The molecule has 0 radical (unpaired) electrons. The van der Waals surface area contributed by atoms with Crippen molar-refractivity contribution in [3.05, 3.63) is 16.3 Å². The van der Waals surface area contributed by atoms with E-state index in [0.717, 1.165) is 11.7 Å². The molecule has 1 rings (SSSR count). The third-order valence-electron chi connectivity index (χ3n) is 2.67. The maximum Gasteiger partial charge on any atom is 0.132 e. The van der Waals surface area contributed by atoms with Crippen LogP contribution in [0.15, 0.2) is 11.4 Å². The van der Waals surface area contributed by atoms with Gasteiger partial charge in [0.25, 0.3) is 0 Å². The molecule has 0 saturated heterocycles. The van der Waals surface area contributed by atoms with Crippen LogP contribution < -0.4 is 4.74 Å². The summed E-state index contributed by atoms with van der Waals surface area (Å²) in [5, 5.41) is 2.12. The van der Waals surface area contributed by atoms with Crippen molar-refractivity contribution in [2.24, 2.45) is 5.92 Å². The predicted molar refractivity (Wildman–Crippen MR) is 74.6 cm³/mol. The van der Waals surface area contributed by atoms with Gasteiger partial charge in [-0.3, -0.25) is 0 Å². The third kappa shape index (κ3) is 5.02. The second-order valence-corrected chi connectivity index (χ2v) is 4.68. The lowest BCUT2D eigenvalue weighted by Crippen LogP contribution is -2.02. The normalized spacial score (nSPS) is 11.6.